The van der Waals surface area contributed by atoms with Crippen LogP contribution in [-0.2, 0) is 19.4 Å². The van der Waals surface area contributed by atoms with Gasteiger partial charge in [-0.25, -0.2) is 4.57 Å². The Balaban J connectivity index is 2.50. The Morgan fingerprint density at radius 2 is 2.06 bits per heavy atom. The van der Waals surface area contributed by atoms with Gasteiger partial charge in [-0.05, 0) is 17.1 Å². The number of hydrogen-bond donors (Lipinski definition) is 0. The molecule has 0 saturated heterocycles. The van der Waals surface area contributed by atoms with E-state index in [2.05, 4.69) is 17.1 Å². The average Bonchev–Trinajstić information content (AvgIpc) is 2.74. The summed E-state index contributed by atoms with van der Waals surface area (Å²) in [5, 5.41) is 8.84. The molecule has 1 aromatic rings. The van der Waals surface area contributed by atoms with Crippen molar-refractivity contribution in [2.24, 2.45) is 0 Å². The third kappa shape index (κ3) is 4.35. The number of hydrogen-bond acceptors (Lipinski definition) is 8. The van der Waals surface area contributed by atoms with Crippen molar-refractivity contribution in [1.29, 1.82) is 0 Å². The van der Waals surface area contributed by atoms with Crippen LogP contribution in [0.3, 0.4) is 0 Å². The zero-order chi connectivity index (χ0) is 12.0. The molecule has 0 spiro atoms. The first-order valence-electron chi connectivity index (χ1n) is 4.44. The number of thioether (sulfide) groups is 1. The zero-order valence-corrected chi connectivity index (χ0v) is 12.5. The monoisotopic (exact) mass is 300 g/mol. The predicted molar refractivity (Wildman–Crippen MR) is 69.2 cm³/mol. The zero-order valence-electron chi connectivity index (χ0n) is 9.21. The van der Waals surface area contributed by atoms with Gasteiger partial charge in [-0.3, -0.25) is 0 Å². The van der Waals surface area contributed by atoms with E-state index in [1.165, 1.54) is 25.6 Å². The SMILES string of the molecule is CCSc1nnc(CSP(=O)(OC)OC)s1. The van der Waals surface area contributed by atoms with Crippen LogP contribution in [-0.4, -0.2) is 30.2 Å². The van der Waals surface area contributed by atoms with Crippen molar-refractivity contribution in [3.05, 3.63) is 5.01 Å². The average molecular weight is 300 g/mol. The molecule has 5 nitrogen and oxygen atoms in total. The fraction of sp³-hybridized carbons (Fsp3) is 0.714. The van der Waals surface area contributed by atoms with Crippen LogP contribution in [0.1, 0.15) is 11.9 Å². The Morgan fingerprint density at radius 1 is 1.38 bits per heavy atom. The summed E-state index contributed by atoms with van der Waals surface area (Å²) in [7, 11) is 2.74. The lowest BCUT2D eigenvalue weighted by Gasteiger charge is -2.10. The Hall–Kier alpha value is 0.410. The van der Waals surface area contributed by atoms with E-state index in [0.29, 0.717) is 5.75 Å². The molecule has 0 amide bonds. The van der Waals surface area contributed by atoms with Crippen LogP contribution < -0.4 is 0 Å². The van der Waals surface area contributed by atoms with E-state index in [1.807, 2.05) is 0 Å². The molecule has 0 aliphatic heterocycles. The molecule has 0 aliphatic rings. The van der Waals surface area contributed by atoms with Crippen molar-refractivity contribution in [3.63, 3.8) is 0 Å². The van der Waals surface area contributed by atoms with Crippen molar-refractivity contribution >= 4 is 41.3 Å². The van der Waals surface area contributed by atoms with E-state index < -0.39 is 6.80 Å². The molecule has 1 aromatic heterocycles. The molecule has 0 N–H and O–H groups in total. The second kappa shape index (κ2) is 6.98. The minimum absolute atomic E-state index is 0.487. The summed E-state index contributed by atoms with van der Waals surface area (Å²) in [4.78, 5) is 0. The normalized spacial score (nSPS) is 11.9. The van der Waals surface area contributed by atoms with Crippen LogP contribution in [0.15, 0.2) is 4.34 Å². The topological polar surface area (TPSA) is 61.3 Å². The molecule has 0 atom stereocenters. The van der Waals surface area contributed by atoms with E-state index in [1.54, 1.807) is 11.8 Å². The summed E-state index contributed by atoms with van der Waals surface area (Å²) < 4.78 is 22.3. The minimum atomic E-state index is -3.00. The summed E-state index contributed by atoms with van der Waals surface area (Å²) in [6.07, 6.45) is 0. The molecule has 1 heterocycles. The van der Waals surface area contributed by atoms with Gasteiger partial charge < -0.3 is 9.05 Å². The molecule has 0 aromatic carbocycles. The molecule has 16 heavy (non-hydrogen) atoms. The van der Waals surface area contributed by atoms with Crippen LogP contribution in [0.2, 0.25) is 0 Å². The van der Waals surface area contributed by atoms with Gasteiger partial charge in [-0.1, -0.05) is 30.0 Å². The molecule has 92 valence electrons. The Labute approximate surface area is 107 Å². The van der Waals surface area contributed by atoms with Gasteiger partial charge in [0.05, 0.1) is 5.75 Å². The summed E-state index contributed by atoms with van der Waals surface area (Å²) in [6, 6.07) is 0. The second-order valence-electron chi connectivity index (χ2n) is 2.48. The maximum absolute atomic E-state index is 11.7. The summed E-state index contributed by atoms with van der Waals surface area (Å²) in [5.74, 6) is 1.46. The largest absolute Gasteiger partial charge is 0.388 e. The van der Waals surface area contributed by atoms with Gasteiger partial charge in [0.15, 0.2) is 4.34 Å². The summed E-state index contributed by atoms with van der Waals surface area (Å²) in [6.45, 7) is -0.944. The molecular weight excluding hydrogens is 287 g/mol. The highest BCUT2D eigenvalue weighted by Crippen LogP contribution is 2.60. The molecule has 1 rings (SSSR count). The van der Waals surface area contributed by atoms with Crippen molar-refractivity contribution < 1.29 is 13.6 Å². The van der Waals surface area contributed by atoms with E-state index in [-0.39, 0.29) is 0 Å². The van der Waals surface area contributed by atoms with E-state index in [9.17, 15) is 4.57 Å². The van der Waals surface area contributed by atoms with Crippen molar-refractivity contribution in [3.8, 4) is 0 Å². The molecule has 0 unspecified atom stereocenters. The van der Waals surface area contributed by atoms with Crippen LogP contribution in [0, 0.1) is 0 Å². The molecule has 0 saturated carbocycles. The lowest BCUT2D eigenvalue weighted by molar-refractivity contribution is 0.295. The second-order valence-corrected chi connectivity index (χ2v) is 9.34. The van der Waals surface area contributed by atoms with Crippen molar-refractivity contribution in [2.45, 2.75) is 17.0 Å². The molecule has 9 heteroatoms. The highest BCUT2D eigenvalue weighted by molar-refractivity contribution is 8.54. The van der Waals surface area contributed by atoms with Crippen molar-refractivity contribution in [2.75, 3.05) is 20.0 Å². The first-order valence-corrected chi connectivity index (χ1v) is 9.38. The maximum Gasteiger partial charge on any atom is 0.388 e. The maximum atomic E-state index is 11.7. The number of rotatable bonds is 7. The Kier molecular flexibility index (Phi) is 6.31. The van der Waals surface area contributed by atoms with Gasteiger partial charge in [0.2, 0.25) is 0 Å². The first kappa shape index (κ1) is 14.5. The van der Waals surface area contributed by atoms with Gasteiger partial charge in [0.25, 0.3) is 0 Å². The molecule has 0 bridgehead atoms. The van der Waals surface area contributed by atoms with Gasteiger partial charge in [-0.15, -0.1) is 10.2 Å². The van der Waals surface area contributed by atoms with Crippen LogP contribution in [0.4, 0.5) is 0 Å². The molecule has 0 radical (unpaired) electrons. The minimum Gasteiger partial charge on any atom is -0.304 e. The highest BCUT2D eigenvalue weighted by Gasteiger charge is 2.22. The van der Waals surface area contributed by atoms with Gasteiger partial charge in [0.1, 0.15) is 5.01 Å². The Bertz CT molecular complexity index is 366. The van der Waals surface area contributed by atoms with Gasteiger partial charge in [-0.2, -0.15) is 0 Å². The van der Waals surface area contributed by atoms with E-state index in [4.69, 9.17) is 9.05 Å². The fourth-order valence-corrected chi connectivity index (χ4v) is 5.22. The number of aromatic nitrogens is 2. The van der Waals surface area contributed by atoms with Crippen molar-refractivity contribution in [1.82, 2.24) is 10.2 Å². The Morgan fingerprint density at radius 3 is 2.62 bits per heavy atom. The summed E-state index contributed by atoms with van der Waals surface area (Å²) >= 11 is 4.27. The third-order valence-corrected chi connectivity index (χ3v) is 7.47. The van der Waals surface area contributed by atoms with Crippen LogP contribution in [0.5, 0.6) is 0 Å². The molecule has 0 aliphatic carbocycles. The van der Waals surface area contributed by atoms with Gasteiger partial charge >= 0.3 is 6.80 Å². The highest BCUT2D eigenvalue weighted by atomic mass is 32.7. The third-order valence-electron chi connectivity index (χ3n) is 1.51. The van der Waals surface area contributed by atoms with E-state index in [0.717, 1.165) is 26.5 Å². The quantitative estimate of drug-likeness (QED) is 0.565. The van der Waals surface area contributed by atoms with Crippen LogP contribution in [0.25, 0.3) is 0 Å². The molecule has 0 fully saturated rings. The smallest absolute Gasteiger partial charge is 0.304 e. The first-order chi connectivity index (χ1) is 7.63. The number of nitrogens with zero attached hydrogens (tertiary/aromatic N) is 2. The van der Waals surface area contributed by atoms with Gasteiger partial charge in [0, 0.05) is 14.2 Å². The standard InChI is InChI=1S/C7H13N2O3PS3/c1-4-14-7-9-8-6(16-7)5-15-13(10,11-2)12-3/h4-5H2,1-3H3. The fourth-order valence-electron chi connectivity index (χ4n) is 0.793. The lowest BCUT2D eigenvalue weighted by atomic mass is 10.9. The van der Waals surface area contributed by atoms with Crippen LogP contribution >= 0.6 is 41.3 Å². The lowest BCUT2D eigenvalue weighted by Crippen LogP contribution is -1.85. The molecular formula is C7H13N2O3PS3. The summed E-state index contributed by atoms with van der Waals surface area (Å²) in [5.41, 5.74) is 0. The predicted octanol–water partition coefficient (Wildman–Crippen LogP) is 3.28. The van der Waals surface area contributed by atoms with E-state index >= 15 is 0 Å².